The minimum absolute atomic E-state index is 0.0516. The number of para-hydroxylation sites is 1. The van der Waals surface area contributed by atoms with Gasteiger partial charge in [-0.2, -0.15) is 0 Å². The molecule has 0 fully saturated rings. The highest BCUT2D eigenvalue weighted by Gasteiger charge is 2.16. The van der Waals surface area contributed by atoms with Gasteiger partial charge < -0.3 is 4.74 Å². The van der Waals surface area contributed by atoms with Crippen molar-refractivity contribution in [2.45, 2.75) is 13.8 Å². The van der Waals surface area contributed by atoms with E-state index in [1.165, 1.54) is 11.1 Å². The number of aryl methyl sites for hydroxylation is 2. The van der Waals surface area contributed by atoms with E-state index in [9.17, 15) is 4.79 Å². The van der Waals surface area contributed by atoms with Crippen LogP contribution in [0.4, 0.5) is 5.69 Å². The van der Waals surface area contributed by atoms with Crippen LogP contribution in [0.2, 0.25) is 0 Å². The van der Waals surface area contributed by atoms with Crippen LogP contribution >= 0.6 is 0 Å². The maximum atomic E-state index is 12.0. The second kappa shape index (κ2) is 6.63. The molecule has 18 heavy (non-hydrogen) atoms. The smallest absolute Gasteiger partial charge is 0.257 e. The second-order valence-electron chi connectivity index (χ2n) is 3.88. The SMILES string of the molecule is C#CCOCC(=O)N(C=C)c1c(C)cccc1C. The van der Waals surface area contributed by atoms with Crippen molar-refractivity contribution in [1.82, 2.24) is 0 Å². The molecule has 3 nitrogen and oxygen atoms in total. The van der Waals surface area contributed by atoms with Gasteiger partial charge in [0.1, 0.15) is 13.2 Å². The van der Waals surface area contributed by atoms with Crippen molar-refractivity contribution < 1.29 is 9.53 Å². The Hall–Kier alpha value is -2.05. The van der Waals surface area contributed by atoms with E-state index >= 15 is 0 Å². The predicted molar refractivity (Wildman–Crippen MR) is 73.3 cm³/mol. The minimum Gasteiger partial charge on any atom is -0.359 e. The van der Waals surface area contributed by atoms with Gasteiger partial charge in [-0.05, 0) is 25.0 Å². The van der Waals surface area contributed by atoms with Crippen molar-refractivity contribution in [2.24, 2.45) is 0 Å². The summed E-state index contributed by atoms with van der Waals surface area (Å²) in [6, 6.07) is 5.86. The number of hydrogen-bond donors (Lipinski definition) is 0. The van der Waals surface area contributed by atoms with Crippen molar-refractivity contribution in [3.63, 3.8) is 0 Å². The van der Waals surface area contributed by atoms with Crippen molar-refractivity contribution in [1.29, 1.82) is 0 Å². The third kappa shape index (κ3) is 3.22. The largest absolute Gasteiger partial charge is 0.359 e. The lowest BCUT2D eigenvalue weighted by Gasteiger charge is -2.22. The molecule has 1 amide bonds. The molecule has 0 aliphatic carbocycles. The number of rotatable bonds is 5. The van der Waals surface area contributed by atoms with Crippen LogP contribution in [0.15, 0.2) is 31.0 Å². The van der Waals surface area contributed by atoms with Crippen LogP contribution in [0.5, 0.6) is 0 Å². The third-order valence-electron chi connectivity index (χ3n) is 2.54. The lowest BCUT2D eigenvalue weighted by molar-refractivity contribution is -0.122. The van der Waals surface area contributed by atoms with Crippen LogP contribution in [0.3, 0.4) is 0 Å². The highest BCUT2D eigenvalue weighted by atomic mass is 16.5. The molecule has 0 N–H and O–H groups in total. The third-order valence-corrected chi connectivity index (χ3v) is 2.54. The number of nitrogens with zero attached hydrogens (tertiary/aromatic N) is 1. The molecular weight excluding hydrogens is 226 g/mol. The number of anilines is 1. The molecule has 94 valence electrons. The van der Waals surface area contributed by atoms with Crippen LogP contribution in [0.25, 0.3) is 0 Å². The Balaban J connectivity index is 2.93. The van der Waals surface area contributed by atoms with Crippen molar-refractivity contribution >= 4 is 11.6 Å². The fourth-order valence-corrected chi connectivity index (χ4v) is 1.77. The van der Waals surface area contributed by atoms with E-state index in [2.05, 4.69) is 12.5 Å². The Morgan fingerprint density at radius 1 is 1.50 bits per heavy atom. The Morgan fingerprint density at radius 2 is 2.11 bits per heavy atom. The van der Waals surface area contributed by atoms with E-state index < -0.39 is 0 Å². The Bertz CT molecular complexity index is 466. The van der Waals surface area contributed by atoms with Crippen molar-refractivity contribution in [3.8, 4) is 12.3 Å². The molecule has 1 aromatic carbocycles. The zero-order chi connectivity index (χ0) is 13.5. The number of ether oxygens (including phenoxy) is 1. The first-order valence-corrected chi connectivity index (χ1v) is 5.63. The fourth-order valence-electron chi connectivity index (χ4n) is 1.77. The van der Waals surface area contributed by atoms with Gasteiger partial charge >= 0.3 is 0 Å². The number of carbonyl (C=O) groups is 1. The fraction of sp³-hybridized carbons (Fsp3) is 0.267. The lowest BCUT2D eigenvalue weighted by atomic mass is 10.1. The summed E-state index contributed by atoms with van der Waals surface area (Å²) in [5.74, 6) is 2.14. The average Bonchev–Trinajstić information content (AvgIpc) is 2.34. The van der Waals surface area contributed by atoms with E-state index in [4.69, 9.17) is 11.2 Å². The number of terminal acetylenes is 1. The van der Waals surface area contributed by atoms with E-state index in [1.807, 2.05) is 32.0 Å². The molecule has 0 radical (unpaired) electrons. The highest BCUT2D eigenvalue weighted by molar-refractivity contribution is 5.97. The van der Waals surface area contributed by atoms with Gasteiger partial charge in [0.15, 0.2) is 0 Å². The summed E-state index contributed by atoms with van der Waals surface area (Å²) in [5.41, 5.74) is 2.88. The topological polar surface area (TPSA) is 29.5 Å². The highest BCUT2D eigenvalue weighted by Crippen LogP contribution is 2.24. The predicted octanol–water partition coefficient (Wildman–Crippen LogP) is 2.43. The normalized spacial score (nSPS) is 9.61. The van der Waals surface area contributed by atoms with Gasteiger partial charge in [0, 0.05) is 6.20 Å². The average molecular weight is 243 g/mol. The van der Waals surface area contributed by atoms with Gasteiger partial charge in [-0.25, -0.2) is 0 Å². The molecular formula is C15H17NO2. The van der Waals surface area contributed by atoms with Gasteiger partial charge in [0.25, 0.3) is 5.91 Å². The summed E-state index contributed by atoms with van der Waals surface area (Å²) in [4.78, 5) is 13.5. The summed E-state index contributed by atoms with van der Waals surface area (Å²) in [6.07, 6.45) is 6.56. The number of benzene rings is 1. The summed E-state index contributed by atoms with van der Waals surface area (Å²) in [5, 5.41) is 0. The van der Waals surface area contributed by atoms with E-state index in [-0.39, 0.29) is 19.1 Å². The molecule has 3 heteroatoms. The van der Waals surface area contributed by atoms with Crippen LogP contribution in [-0.4, -0.2) is 19.1 Å². The first kappa shape index (κ1) is 14.0. The Morgan fingerprint density at radius 3 is 2.61 bits per heavy atom. The molecule has 0 bridgehead atoms. The molecule has 0 aromatic heterocycles. The maximum absolute atomic E-state index is 12.0. The summed E-state index contributed by atoms with van der Waals surface area (Å²) >= 11 is 0. The maximum Gasteiger partial charge on any atom is 0.257 e. The van der Waals surface area contributed by atoms with E-state index in [1.54, 1.807) is 0 Å². The summed E-state index contributed by atoms with van der Waals surface area (Å²) in [7, 11) is 0. The second-order valence-corrected chi connectivity index (χ2v) is 3.88. The van der Waals surface area contributed by atoms with Crippen molar-refractivity contribution in [3.05, 3.63) is 42.1 Å². The van der Waals surface area contributed by atoms with Crippen LogP contribution in [0.1, 0.15) is 11.1 Å². The van der Waals surface area contributed by atoms with E-state index in [0.29, 0.717) is 0 Å². The van der Waals surface area contributed by atoms with Gasteiger partial charge in [-0.15, -0.1) is 6.42 Å². The molecule has 1 aromatic rings. The first-order valence-electron chi connectivity index (χ1n) is 5.63. The molecule has 0 aliphatic heterocycles. The van der Waals surface area contributed by atoms with Crippen LogP contribution in [0, 0.1) is 26.2 Å². The van der Waals surface area contributed by atoms with Gasteiger partial charge in [-0.1, -0.05) is 30.7 Å². The quantitative estimate of drug-likeness (QED) is 0.587. The summed E-state index contributed by atoms with van der Waals surface area (Å²) < 4.78 is 5.05. The van der Waals surface area contributed by atoms with Gasteiger partial charge in [0.2, 0.25) is 0 Å². The Labute approximate surface area is 108 Å². The minimum atomic E-state index is -0.183. The van der Waals surface area contributed by atoms with Gasteiger partial charge in [-0.3, -0.25) is 9.69 Å². The molecule has 0 aliphatic rings. The summed E-state index contributed by atoms with van der Waals surface area (Å²) in [6.45, 7) is 7.66. The number of amides is 1. The molecule has 0 saturated heterocycles. The Kier molecular flexibility index (Phi) is 5.16. The number of carbonyl (C=O) groups excluding carboxylic acids is 1. The standard InChI is InChI=1S/C15H17NO2/c1-5-10-18-11-14(17)16(6-2)15-12(3)8-7-9-13(15)4/h1,6-9H,2,10-11H2,3-4H3. The molecule has 1 rings (SSSR count). The first-order chi connectivity index (χ1) is 8.61. The molecule has 0 spiro atoms. The molecule has 0 saturated carbocycles. The molecule has 0 atom stereocenters. The zero-order valence-electron chi connectivity index (χ0n) is 10.8. The van der Waals surface area contributed by atoms with Crippen molar-refractivity contribution in [2.75, 3.05) is 18.1 Å². The molecule has 0 heterocycles. The van der Waals surface area contributed by atoms with Crippen LogP contribution in [-0.2, 0) is 9.53 Å². The molecule has 0 unspecified atom stereocenters. The van der Waals surface area contributed by atoms with Crippen LogP contribution < -0.4 is 4.90 Å². The van der Waals surface area contributed by atoms with E-state index in [0.717, 1.165) is 16.8 Å². The zero-order valence-corrected chi connectivity index (χ0v) is 10.8. The lowest BCUT2D eigenvalue weighted by Crippen LogP contribution is -2.30. The van der Waals surface area contributed by atoms with Gasteiger partial charge in [0.05, 0.1) is 5.69 Å². The number of hydrogen-bond acceptors (Lipinski definition) is 2. The monoisotopic (exact) mass is 243 g/mol.